The molecule has 0 aliphatic rings. The van der Waals surface area contributed by atoms with Crippen molar-refractivity contribution in [3.63, 3.8) is 0 Å². The second-order valence-electron chi connectivity index (χ2n) is 5.88. The van der Waals surface area contributed by atoms with Gasteiger partial charge in [-0.3, -0.25) is 0 Å². The number of rotatable bonds is 8. The summed E-state index contributed by atoms with van der Waals surface area (Å²) in [5.74, 6) is -0.359. The van der Waals surface area contributed by atoms with E-state index >= 15 is 0 Å². The molecular formula is C19H18O6S3. The minimum absolute atomic E-state index is 0.0181. The lowest BCUT2D eigenvalue weighted by molar-refractivity contribution is 0.451. The van der Waals surface area contributed by atoms with Crippen LogP contribution in [-0.4, -0.2) is 16.8 Å². The Balaban J connectivity index is 1.82. The summed E-state index contributed by atoms with van der Waals surface area (Å²) in [7, 11) is -8.23. The van der Waals surface area contributed by atoms with E-state index in [-0.39, 0.29) is 21.3 Å². The normalized spacial score (nSPS) is 11.9. The van der Waals surface area contributed by atoms with Crippen LogP contribution in [0.25, 0.3) is 0 Å². The van der Waals surface area contributed by atoms with Gasteiger partial charge in [-0.1, -0.05) is 43.7 Å². The lowest BCUT2D eigenvalue weighted by Crippen LogP contribution is -2.12. The van der Waals surface area contributed by atoms with E-state index in [2.05, 4.69) is 0 Å². The van der Waals surface area contributed by atoms with Crippen molar-refractivity contribution in [2.24, 2.45) is 0 Å². The topological polar surface area (TPSA) is 86.7 Å². The van der Waals surface area contributed by atoms with Gasteiger partial charge in [0.2, 0.25) is 0 Å². The smallest absolute Gasteiger partial charge is 0.339 e. The molecule has 0 spiro atoms. The van der Waals surface area contributed by atoms with Gasteiger partial charge in [-0.2, -0.15) is 16.8 Å². The zero-order chi connectivity index (χ0) is 20.2. The molecule has 0 atom stereocenters. The maximum Gasteiger partial charge on any atom is 0.339 e. The maximum atomic E-state index is 12.5. The van der Waals surface area contributed by atoms with Crippen LogP contribution in [-0.2, 0) is 26.7 Å². The number of thiophene rings is 1. The highest BCUT2D eigenvalue weighted by Gasteiger charge is 2.24. The molecule has 0 saturated carbocycles. The van der Waals surface area contributed by atoms with Gasteiger partial charge in [-0.05, 0) is 36.2 Å². The molecule has 3 rings (SSSR count). The van der Waals surface area contributed by atoms with Gasteiger partial charge in [-0.15, -0.1) is 11.3 Å². The summed E-state index contributed by atoms with van der Waals surface area (Å²) < 4.78 is 60.0. The molecule has 2 aromatic carbocycles. The third-order valence-corrected chi connectivity index (χ3v) is 6.97. The van der Waals surface area contributed by atoms with Crippen LogP contribution in [0.4, 0.5) is 0 Å². The summed E-state index contributed by atoms with van der Waals surface area (Å²) >= 11 is 1.07. The van der Waals surface area contributed by atoms with Gasteiger partial charge in [0.05, 0.1) is 0 Å². The highest BCUT2D eigenvalue weighted by Crippen LogP contribution is 2.35. The average molecular weight is 439 g/mol. The van der Waals surface area contributed by atoms with Crippen molar-refractivity contribution in [1.82, 2.24) is 0 Å². The number of aryl methyl sites for hydroxylation is 1. The first-order chi connectivity index (χ1) is 13.3. The van der Waals surface area contributed by atoms with Crippen molar-refractivity contribution in [3.05, 3.63) is 70.9 Å². The van der Waals surface area contributed by atoms with Crippen molar-refractivity contribution >= 4 is 31.6 Å². The first kappa shape index (κ1) is 20.4. The molecule has 0 saturated heterocycles. The maximum absolute atomic E-state index is 12.5. The van der Waals surface area contributed by atoms with Crippen LogP contribution in [0.5, 0.6) is 11.5 Å². The Kier molecular flexibility index (Phi) is 6.07. The SMILES string of the molecule is CCCc1ccc(S(=O)(=O)Oc2cscc2OS(=O)(=O)c2ccccc2)cc1. The summed E-state index contributed by atoms with van der Waals surface area (Å²) in [6.07, 6.45) is 1.80. The summed E-state index contributed by atoms with van der Waals surface area (Å²) in [6.45, 7) is 2.04. The summed E-state index contributed by atoms with van der Waals surface area (Å²) in [5.41, 5.74) is 1.02. The lowest BCUT2D eigenvalue weighted by atomic mass is 10.1. The lowest BCUT2D eigenvalue weighted by Gasteiger charge is -2.10. The Labute approximate surface area is 168 Å². The second kappa shape index (κ2) is 8.34. The van der Waals surface area contributed by atoms with Gasteiger partial charge >= 0.3 is 20.2 Å². The Morgan fingerprint density at radius 2 is 1.25 bits per heavy atom. The fourth-order valence-electron chi connectivity index (χ4n) is 2.43. The molecule has 0 radical (unpaired) electrons. The Hall–Kier alpha value is -2.36. The van der Waals surface area contributed by atoms with Gasteiger partial charge in [0.15, 0.2) is 11.5 Å². The predicted molar refractivity (Wildman–Crippen MR) is 107 cm³/mol. The molecule has 28 heavy (non-hydrogen) atoms. The van der Waals surface area contributed by atoms with E-state index in [0.29, 0.717) is 0 Å². The monoisotopic (exact) mass is 438 g/mol. The van der Waals surface area contributed by atoms with E-state index in [1.807, 2.05) is 6.92 Å². The third kappa shape index (κ3) is 4.73. The van der Waals surface area contributed by atoms with E-state index in [1.165, 1.54) is 35.0 Å². The molecule has 0 N–H and O–H groups in total. The van der Waals surface area contributed by atoms with E-state index in [4.69, 9.17) is 8.37 Å². The molecule has 1 aromatic heterocycles. The van der Waals surface area contributed by atoms with E-state index in [0.717, 1.165) is 29.7 Å². The van der Waals surface area contributed by atoms with Gasteiger partial charge in [-0.25, -0.2) is 0 Å². The Morgan fingerprint density at radius 1 is 0.750 bits per heavy atom. The molecule has 0 aliphatic heterocycles. The van der Waals surface area contributed by atoms with Crippen molar-refractivity contribution in [3.8, 4) is 11.5 Å². The van der Waals surface area contributed by atoms with Crippen LogP contribution in [0.2, 0.25) is 0 Å². The number of hydrogen-bond donors (Lipinski definition) is 0. The first-order valence-electron chi connectivity index (χ1n) is 8.41. The first-order valence-corrected chi connectivity index (χ1v) is 12.2. The Morgan fingerprint density at radius 3 is 1.75 bits per heavy atom. The predicted octanol–water partition coefficient (Wildman–Crippen LogP) is 4.24. The fraction of sp³-hybridized carbons (Fsp3) is 0.158. The molecule has 3 aromatic rings. The quantitative estimate of drug-likeness (QED) is 0.489. The molecule has 6 nitrogen and oxygen atoms in total. The van der Waals surface area contributed by atoms with Crippen molar-refractivity contribution in [1.29, 1.82) is 0 Å². The van der Waals surface area contributed by atoms with Gasteiger partial charge < -0.3 is 8.37 Å². The number of hydrogen-bond acceptors (Lipinski definition) is 7. The molecule has 148 valence electrons. The van der Waals surface area contributed by atoms with Crippen molar-refractivity contribution in [2.75, 3.05) is 0 Å². The van der Waals surface area contributed by atoms with Crippen molar-refractivity contribution < 1.29 is 25.2 Å². The van der Waals surface area contributed by atoms with Crippen LogP contribution >= 0.6 is 11.3 Å². The second-order valence-corrected chi connectivity index (χ2v) is 9.72. The highest BCUT2D eigenvalue weighted by molar-refractivity contribution is 7.87. The van der Waals surface area contributed by atoms with Crippen LogP contribution in [0.15, 0.2) is 75.1 Å². The fourth-order valence-corrected chi connectivity index (χ4v) is 5.08. The van der Waals surface area contributed by atoms with Gasteiger partial charge in [0.25, 0.3) is 0 Å². The molecule has 0 amide bonds. The van der Waals surface area contributed by atoms with Gasteiger partial charge in [0.1, 0.15) is 9.79 Å². The molecule has 9 heteroatoms. The standard InChI is InChI=1S/C19H18O6S3/c1-2-6-15-9-11-17(12-10-15)28(22,23)25-19-14-26-13-18(19)24-27(20,21)16-7-4-3-5-8-16/h3-5,7-14H,2,6H2,1H3. The largest absolute Gasteiger partial charge is 0.374 e. The minimum atomic E-state index is -4.13. The summed E-state index contributed by atoms with van der Waals surface area (Å²) in [4.78, 5) is -0.0584. The molecular weight excluding hydrogens is 420 g/mol. The van der Waals surface area contributed by atoms with E-state index in [1.54, 1.807) is 30.3 Å². The van der Waals surface area contributed by atoms with Gasteiger partial charge in [0, 0.05) is 10.8 Å². The Bertz CT molecular complexity index is 1130. The zero-order valence-electron chi connectivity index (χ0n) is 14.9. The van der Waals surface area contributed by atoms with E-state index in [9.17, 15) is 16.8 Å². The zero-order valence-corrected chi connectivity index (χ0v) is 17.4. The van der Waals surface area contributed by atoms with Crippen LogP contribution in [0.3, 0.4) is 0 Å². The summed E-state index contributed by atoms with van der Waals surface area (Å²) in [6, 6.07) is 14.0. The molecule has 0 unspecified atom stereocenters. The summed E-state index contributed by atoms with van der Waals surface area (Å²) in [5, 5.41) is 2.74. The van der Waals surface area contributed by atoms with E-state index < -0.39 is 20.2 Å². The average Bonchev–Trinajstić information content (AvgIpc) is 3.08. The van der Waals surface area contributed by atoms with Crippen LogP contribution in [0, 0.1) is 0 Å². The molecule has 0 aliphatic carbocycles. The molecule has 1 heterocycles. The third-order valence-electron chi connectivity index (χ3n) is 3.77. The highest BCUT2D eigenvalue weighted by atomic mass is 32.2. The minimum Gasteiger partial charge on any atom is -0.374 e. The molecule has 0 bridgehead atoms. The number of benzene rings is 2. The van der Waals surface area contributed by atoms with Crippen molar-refractivity contribution in [2.45, 2.75) is 29.6 Å². The van der Waals surface area contributed by atoms with Crippen LogP contribution in [0.1, 0.15) is 18.9 Å². The molecule has 0 fully saturated rings. The van der Waals surface area contributed by atoms with Crippen LogP contribution < -0.4 is 8.37 Å².